The summed E-state index contributed by atoms with van der Waals surface area (Å²) in [5.41, 5.74) is -6.00. The van der Waals surface area contributed by atoms with E-state index in [2.05, 4.69) is 0 Å². The van der Waals surface area contributed by atoms with E-state index in [0.717, 1.165) is 11.8 Å². The van der Waals surface area contributed by atoms with Gasteiger partial charge in [0.15, 0.2) is 22.6 Å². The highest BCUT2D eigenvalue weighted by molar-refractivity contribution is 8.13. The Labute approximate surface area is 206 Å². The van der Waals surface area contributed by atoms with E-state index in [9.17, 15) is 45.6 Å². The lowest BCUT2D eigenvalue weighted by Crippen LogP contribution is -2.84. The van der Waals surface area contributed by atoms with Gasteiger partial charge in [-0.2, -0.15) is 0 Å². The first-order chi connectivity index (χ1) is 16.5. The lowest BCUT2D eigenvalue weighted by molar-refractivity contribution is -0.413. The maximum atomic E-state index is 11.4. The molecule has 9 atom stereocenters. The van der Waals surface area contributed by atoms with Gasteiger partial charge < -0.3 is 64.5 Å². The third-order valence-corrected chi connectivity index (χ3v) is 6.77. The highest BCUT2D eigenvalue weighted by Gasteiger charge is 2.72. The van der Waals surface area contributed by atoms with Crippen LogP contribution in [0.4, 0.5) is 0 Å². The van der Waals surface area contributed by atoms with Crippen LogP contribution in [-0.2, 0) is 28.5 Å². The van der Waals surface area contributed by atoms with Crippen LogP contribution in [0.2, 0.25) is 0 Å². The number of carbonyl (C=O) groups excluding carboxylic acids is 1. The largest absolute Gasteiger partial charge is 0.394 e. The van der Waals surface area contributed by atoms with Gasteiger partial charge in [-0.25, -0.2) is 0 Å². The Hall–Kier alpha value is -0.500. The molecule has 2 fully saturated rings. The Morgan fingerprint density at radius 1 is 0.914 bits per heavy atom. The third kappa shape index (κ3) is 6.69. The van der Waals surface area contributed by atoms with Gasteiger partial charge in [0.05, 0.1) is 52.9 Å². The molecular weight excluding hydrogens is 496 g/mol. The molecule has 35 heavy (non-hydrogen) atoms. The zero-order valence-corrected chi connectivity index (χ0v) is 20.2. The molecule has 0 aromatic rings. The number of rotatable bonds is 13. The van der Waals surface area contributed by atoms with E-state index in [1.165, 1.54) is 6.92 Å². The number of hydrogen-bond acceptors (Lipinski definition) is 15. The van der Waals surface area contributed by atoms with Crippen LogP contribution >= 0.6 is 11.8 Å². The van der Waals surface area contributed by atoms with Crippen molar-refractivity contribution in [2.75, 3.05) is 58.6 Å². The molecule has 2 aliphatic rings. The summed E-state index contributed by atoms with van der Waals surface area (Å²) in [6.07, 6.45) is -13.1. The first-order valence-electron chi connectivity index (χ1n) is 11.1. The van der Waals surface area contributed by atoms with Crippen LogP contribution in [0, 0.1) is 0 Å². The van der Waals surface area contributed by atoms with Gasteiger partial charge in [-0.15, -0.1) is 0 Å². The molecule has 0 unspecified atom stereocenters. The molecule has 206 valence electrons. The van der Waals surface area contributed by atoms with Gasteiger partial charge in [0.2, 0.25) is 0 Å². The molecule has 0 radical (unpaired) electrons. The maximum absolute atomic E-state index is 11.4. The van der Waals surface area contributed by atoms with Crippen molar-refractivity contribution in [1.29, 1.82) is 0 Å². The number of aliphatic hydroxyl groups excluding tert-OH is 6. The van der Waals surface area contributed by atoms with Crippen molar-refractivity contribution in [3.8, 4) is 0 Å². The normalized spacial score (nSPS) is 40.1. The summed E-state index contributed by atoms with van der Waals surface area (Å²) in [6, 6.07) is 0. The van der Waals surface area contributed by atoms with Crippen molar-refractivity contribution in [3.63, 3.8) is 0 Å². The van der Waals surface area contributed by atoms with E-state index in [1.54, 1.807) is 0 Å². The highest BCUT2D eigenvalue weighted by Crippen LogP contribution is 2.44. The first kappa shape index (κ1) is 30.7. The second-order valence-electron chi connectivity index (χ2n) is 8.23. The zero-order chi connectivity index (χ0) is 26.2. The molecule has 0 aromatic heterocycles. The van der Waals surface area contributed by atoms with Gasteiger partial charge in [0.25, 0.3) is 0 Å². The van der Waals surface area contributed by atoms with E-state index < -0.39 is 73.9 Å². The second kappa shape index (κ2) is 13.9. The van der Waals surface area contributed by atoms with Crippen molar-refractivity contribution in [3.05, 3.63) is 0 Å². The van der Waals surface area contributed by atoms with E-state index in [4.69, 9.17) is 23.7 Å². The van der Waals surface area contributed by atoms with Crippen molar-refractivity contribution < 1.29 is 69.3 Å². The van der Waals surface area contributed by atoms with Crippen molar-refractivity contribution in [1.82, 2.24) is 0 Å². The van der Waals surface area contributed by atoms with Crippen LogP contribution in [0.25, 0.3) is 0 Å². The molecule has 2 rings (SSSR count). The maximum Gasteiger partial charge on any atom is 0.192 e. The number of carbonyl (C=O) groups is 1. The Morgan fingerprint density at radius 3 is 2.11 bits per heavy atom. The van der Waals surface area contributed by atoms with Crippen LogP contribution in [0.3, 0.4) is 0 Å². The van der Waals surface area contributed by atoms with Crippen LogP contribution in [0.15, 0.2) is 0 Å². The van der Waals surface area contributed by atoms with Crippen LogP contribution in [-0.4, -0.2) is 159 Å². The Morgan fingerprint density at radius 2 is 1.51 bits per heavy atom. The molecule has 0 aliphatic carbocycles. The molecule has 0 aromatic carbocycles. The molecule has 8 N–H and O–H groups in total. The van der Waals surface area contributed by atoms with E-state index >= 15 is 0 Å². The molecule has 15 heteroatoms. The number of hydrogen-bond donors (Lipinski definition) is 8. The summed E-state index contributed by atoms with van der Waals surface area (Å²) < 4.78 is 26.5. The van der Waals surface area contributed by atoms with Crippen molar-refractivity contribution in [2.24, 2.45) is 0 Å². The Kier molecular flexibility index (Phi) is 12.2. The lowest BCUT2D eigenvalue weighted by Gasteiger charge is -2.58. The minimum atomic E-state index is -3.02. The summed E-state index contributed by atoms with van der Waals surface area (Å²) in [4.78, 5) is 10.8. The quantitative estimate of drug-likeness (QED) is 0.104. The predicted molar refractivity (Wildman–Crippen MR) is 117 cm³/mol. The molecule has 0 saturated carbocycles. The van der Waals surface area contributed by atoms with Gasteiger partial charge in [-0.3, -0.25) is 4.79 Å². The lowest BCUT2D eigenvalue weighted by atomic mass is 9.66. The fourth-order valence-corrected chi connectivity index (χ4v) is 4.53. The van der Waals surface area contributed by atoms with Crippen molar-refractivity contribution in [2.45, 2.75) is 61.0 Å². The van der Waals surface area contributed by atoms with Crippen molar-refractivity contribution >= 4 is 16.9 Å². The van der Waals surface area contributed by atoms with Crippen LogP contribution < -0.4 is 0 Å². The standard InChI is InChI=1S/C20H36O14S/c1-11(23)35-7-6-31-3-2-30-4-5-32-18-20(29,17(27)15(25)12(8-21)34-18)19(28)14(24)10-33-13(9-22)16(19)26/h12-18,21-22,24-29H,2-10H2,1H3/t12-,13-,14+,15+,16+,17+,18+,19+,20-/m1/s1. The zero-order valence-electron chi connectivity index (χ0n) is 19.3. The third-order valence-electron chi connectivity index (χ3n) is 6.00. The van der Waals surface area contributed by atoms with Gasteiger partial charge in [0.1, 0.15) is 36.6 Å². The fourth-order valence-electron chi connectivity index (χ4n) is 4.04. The molecule has 2 saturated heterocycles. The Bertz CT molecular complexity index is 657. The number of thioether (sulfide) groups is 1. The summed E-state index contributed by atoms with van der Waals surface area (Å²) >= 11 is 1.14. The summed E-state index contributed by atoms with van der Waals surface area (Å²) in [5.74, 6) is 0.513. The molecule has 0 bridgehead atoms. The van der Waals surface area contributed by atoms with E-state index in [-0.39, 0.29) is 31.5 Å². The summed E-state index contributed by atoms with van der Waals surface area (Å²) in [6.45, 7) is -0.310. The number of ether oxygens (including phenoxy) is 5. The van der Waals surface area contributed by atoms with Gasteiger partial charge in [0, 0.05) is 12.7 Å². The molecular formula is C20H36O14S. The van der Waals surface area contributed by atoms with Crippen LogP contribution in [0.5, 0.6) is 0 Å². The minimum absolute atomic E-state index is 0.00899. The monoisotopic (exact) mass is 532 g/mol. The first-order valence-corrected chi connectivity index (χ1v) is 12.1. The molecule has 2 heterocycles. The Balaban J connectivity index is 2.03. The second-order valence-corrected chi connectivity index (χ2v) is 9.50. The predicted octanol–water partition coefficient (Wildman–Crippen LogP) is -4.67. The molecule has 0 spiro atoms. The van der Waals surface area contributed by atoms with Gasteiger partial charge >= 0.3 is 0 Å². The van der Waals surface area contributed by atoms with Crippen LogP contribution in [0.1, 0.15) is 6.92 Å². The average Bonchev–Trinajstić information content (AvgIpc) is 2.83. The topological polar surface area (TPSA) is 225 Å². The van der Waals surface area contributed by atoms with E-state index in [1.807, 2.05) is 0 Å². The van der Waals surface area contributed by atoms with E-state index in [0.29, 0.717) is 12.4 Å². The fraction of sp³-hybridized carbons (Fsp3) is 0.950. The smallest absolute Gasteiger partial charge is 0.192 e. The molecule has 0 amide bonds. The summed E-state index contributed by atoms with van der Waals surface area (Å²) in [7, 11) is 0. The SMILES string of the molecule is CC(=O)SCCOCCOCCO[C@H]1O[C@H](CO)[C@H](O)[C@H](O)[C@]1(O)[C@]1(O)[C@@H](O)CO[C@H](CO)[C@@H]1O. The average molecular weight is 533 g/mol. The highest BCUT2D eigenvalue weighted by atomic mass is 32.2. The van der Waals surface area contributed by atoms with Gasteiger partial charge in [-0.05, 0) is 0 Å². The number of aliphatic hydroxyl groups is 8. The molecule has 2 aliphatic heterocycles. The molecule has 14 nitrogen and oxygen atoms in total. The van der Waals surface area contributed by atoms with Gasteiger partial charge in [-0.1, -0.05) is 11.8 Å². The minimum Gasteiger partial charge on any atom is -0.394 e. The summed E-state index contributed by atoms with van der Waals surface area (Å²) in [5, 5.41) is 83.8.